The van der Waals surface area contributed by atoms with Gasteiger partial charge in [0.05, 0.1) is 18.8 Å². The Morgan fingerprint density at radius 1 is 1.50 bits per heavy atom. The summed E-state index contributed by atoms with van der Waals surface area (Å²) in [6, 6.07) is -0.559. The number of thiazole rings is 1. The van der Waals surface area contributed by atoms with Crippen molar-refractivity contribution in [2.45, 2.75) is 32.2 Å². The third-order valence-electron chi connectivity index (χ3n) is 1.74. The highest BCUT2D eigenvalue weighted by Gasteiger charge is 2.35. The Kier molecular flexibility index (Phi) is 4.28. The molecule has 0 aromatic carbocycles. The molecular weight excluding hydrogens is 241 g/mol. The minimum absolute atomic E-state index is 0.000980. The molecule has 0 radical (unpaired) electrons. The molecule has 1 aromatic heterocycles. The molecular formula is C9H13F3N2OS. The lowest BCUT2D eigenvalue weighted by atomic mass is 10.3. The molecule has 1 atom stereocenters. The van der Waals surface area contributed by atoms with Gasteiger partial charge in [0.1, 0.15) is 0 Å². The van der Waals surface area contributed by atoms with E-state index in [1.54, 1.807) is 0 Å². The van der Waals surface area contributed by atoms with Gasteiger partial charge in [-0.1, -0.05) is 0 Å². The molecule has 0 spiro atoms. The van der Waals surface area contributed by atoms with Crippen LogP contribution in [0.2, 0.25) is 0 Å². The van der Waals surface area contributed by atoms with Crippen molar-refractivity contribution in [1.82, 2.24) is 4.98 Å². The number of rotatable bonds is 4. The van der Waals surface area contributed by atoms with Crippen LogP contribution in [0.4, 0.5) is 13.2 Å². The van der Waals surface area contributed by atoms with Crippen LogP contribution in [0.3, 0.4) is 0 Å². The van der Waals surface area contributed by atoms with Crippen LogP contribution in [-0.4, -0.2) is 17.7 Å². The lowest BCUT2D eigenvalue weighted by Gasteiger charge is -2.12. The fourth-order valence-electron chi connectivity index (χ4n) is 0.967. The Morgan fingerprint density at radius 2 is 2.12 bits per heavy atom. The van der Waals surface area contributed by atoms with Crippen LogP contribution in [0.5, 0.6) is 0 Å². The van der Waals surface area contributed by atoms with E-state index in [1.807, 2.05) is 13.8 Å². The van der Waals surface area contributed by atoms with Gasteiger partial charge in [-0.2, -0.15) is 13.2 Å². The summed E-state index contributed by atoms with van der Waals surface area (Å²) in [4.78, 5) is 3.68. The molecule has 7 heteroatoms. The summed E-state index contributed by atoms with van der Waals surface area (Å²) < 4.78 is 42.0. The molecule has 0 fully saturated rings. The fourth-order valence-corrected chi connectivity index (χ4v) is 1.74. The number of nitrogens with two attached hydrogens (primary N) is 1. The molecule has 0 aliphatic rings. The zero-order valence-corrected chi connectivity index (χ0v) is 9.73. The molecule has 16 heavy (non-hydrogen) atoms. The van der Waals surface area contributed by atoms with E-state index in [0.29, 0.717) is 16.2 Å². The van der Waals surface area contributed by atoms with E-state index < -0.39 is 17.2 Å². The van der Waals surface area contributed by atoms with Crippen molar-refractivity contribution in [3.05, 3.63) is 16.1 Å². The number of aromatic nitrogens is 1. The summed E-state index contributed by atoms with van der Waals surface area (Å²) in [5, 5.41) is -0.873. The van der Waals surface area contributed by atoms with E-state index in [4.69, 9.17) is 10.5 Å². The van der Waals surface area contributed by atoms with Crippen LogP contribution >= 0.6 is 11.3 Å². The maximum Gasteiger partial charge on any atom is 0.443 e. The van der Waals surface area contributed by atoms with Crippen LogP contribution in [-0.2, 0) is 10.9 Å². The van der Waals surface area contributed by atoms with Crippen molar-refractivity contribution in [1.29, 1.82) is 0 Å². The predicted molar refractivity (Wildman–Crippen MR) is 55.1 cm³/mol. The van der Waals surface area contributed by atoms with Crippen LogP contribution in [0.1, 0.15) is 29.8 Å². The molecule has 0 aliphatic carbocycles. The first-order valence-electron chi connectivity index (χ1n) is 4.71. The monoisotopic (exact) mass is 254 g/mol. The number of nitrogens with zero attached hydrogens (tertiary/aromatic N) is 1. The van der Waals surface area contributed by atoms with Gasteiger partial charge in [0.2, 0.25) is 0 Å². The van der Waals surface area contributed by atoms with E-state index in [0.717, 1.165) is 6.20 Å². The van der Waals surface area contributed by atoms with Crippen molar-refractivity contribution in [3.8, 4) is 0 Å². The second kappa shape index (κ2) is 5.11. The summed E-state index contributed by atoms with van der Waals surface area (Å²) in [7, 11) is 0. The molecule has 0 bridgehead atoms. The van der Waals surface area contributed by atoms with Crippen LogP contribution in [0.15, 0.2) is 6.20 Å². The second-order valence-corrected chi connectivity index (χ2v) is 4.62. The van der Waals surface area contributed by atoms with E-state index in [2.05, 4.69) is 4.98 Å². The Balaban J connectivity index is 2.63. The molecule has 0 amide bonds. The van der Waals surface area contributed by atoms with Crippen LogP contribution < -0.4 is 5.73 Å². The molecule has 0 saturated carbocycles. The first kappa shape index (κ1) is 13.4. The molecule has 1 rings (SSSR count). The normalized spacial score (nSPS) is 14.4. The second-order valence-electron chi connectivity index (χ2n) is 3.55. The summed E-state index contributed by atoms with van der Waals surface area (Å²) in [5.74, 6) is 0. The minimum Gasteiger partial charge on any atom is -0.377 e. The Morgan fingerprint density at radius 3 is 2.56 bits per heavy atom. The lowest BCUT2D eigenvalue weighted by molar-refractivity contribution is -0.137. The Hall–Kier alpha value is -0.660. The molecule has 0 saturated heterocycles. The van der Waals surface area contributed by atoms with E-state index in [9.17, 15) is 13.2 Å². The number of hydrogen-bond donors (Lipinski definition) is 1. The number of halogens is 3. The SMILES string of the molecule is CC(C)OCC(N)c1cnc(C(F)(F)F)s1. The third kappa shape index (κ3) is 3.73. The van der Waals surface area contributed by atoms with Gasteiger partial charge in [-0.05, 0) is 13.8 Å². The quantitative estimate of drug-likeness (QED) is 0.898. The van der Waals surface area contributed by atoms with Gasteiger partial charge in [0.25, 0.3) is 0 Å². The van der Waals surface area contributed by atoms with Gasteiger partial charge in [0, 0.05) is 11.1 Å². The predicted octanol–water partition coefficient (Wildman–Crippen LogP) is 2.59. The highest BCUT2D eigenvalue weighted by atomic mass is 32.1. The van der Waals surface area contributed by atoms with E-state index in [1.165, 1.54) is 0 Å². The van der Waals surface area contributed by atoms with E-state index >= 15 is 0 Å². The highest BCUT2D eigenvalue weighted by molar-refractivity contribution is 7.11. The summed E-state index contributed by atoms with van der Waals surface area (Å²) in [6.45, 7) is 3.86. The highest BCUT2D eigenvalue weighted by Crippen LogP contribution is 2.33. The fraction of sp³-hybridized carbons (Fsp3) is 0.667. The van der Waals surface area contributed by atoms with Crippen molar-refractivity contribution in [2.75, 3.05) is 6.61 Å². The zero-order chi connectivity index (χ0) is 12.3. The maximum atomic E-state index is 12.3. The average Bonchev–Trinajstić information content (AvgIpc) is 2.61. The van der Waals surface area contributed by atoms with Gasteiger partial charge in [-0.3, -0.25) is 0 Å². The first-order chi connectivity index (χ1) is 7.30. The van der Waals surface area contributed by atoms with Crippen LogP contribution in [0, 0.1) is 0 Å². The van der Waals surface area contributed by atoms with Crippen LogP contribution in [0.25, 0.3) is 0 Å². The molecule has 92 valence electrons. The van der Waals surface area contributed by atoms with Gasteiger partial charge in [0.15, 0.2) is 5.01 Å². The van der Waals surface area contributed by atoms with Crippen molar-refractivity contribution in [2.24, 2.45) is 5.73 Å². The molecule has 1 aromatic rings. The Bertz CT molecular complexity index is 338. The first-order valence-corrected chi connectivity index (χ1v) is 5.52. The molecule has 1 unspecified atom stereocenters. The van der Waals surface area contributed by atoms with Gasteiger partial charge >= 0.3 is 6.18 Å². The number of ether oxygens (including phenoxy) is 1. The van der Waals surface area contributed by atoms with Gasteiger partial charge in [-0.25, -0.2) is 4.98 Å². The maximum absolute atomic E-state index is 12.3. The largest absolute Gasteiger partial charge is 0.443 e. The summed E-state index contributed by atoms with van der Waals surface area (Å²) in [6.07, 6.45) is -3.25. The molecule has 2 N–H and O–H groups in total. The minimum atomic E-state index is -4.40. The standard InChI is InChI=1S/C9H13F3N2OS/c1-5(2)15-4-6(13)7-3-14-8(16-7)9(10,11)12/h3,5-6H,4,13H2,1-2H3. The third-order valence-corrected chi connectivity index (χ3v) is 2.91. The van der Waals surface area contributed by atoms with Gasteiger partial charge in [-0.15, -0.1) is 11.3 Å². The molecule has 0 aliphatic heterocycles. The Labute approximate surface area is 95.4 Å². The van der Waals surface area contributed by atoms with Crippen molar-refractivity contribution >= 4 is 11.3 Å². The zero-order valence-electron chi connectivity index (χ0n) is 8.91. The van der Waals surface area contributed by atoms with E-state index in [-0.39, 0.29) is 12.7 Å². The number of hydrogen-bond acceptors (Lipinski definition) is 4. The summed E-state index contributed by atoms with van der Waals surface area (Å²) in [5.41, 5.74) is 5.68. The molecule has 3 nitrogen and oxygen atoms in total. The topological polar surface area (TPSA) is 48.1 Å². The smallest absolute Gasteiger partial charge is 0.377 e. The number of alkyl halides is 3. The van der Waals surface area contributed by atoms with Crippen molar-refractivity contribution < 1.29 is 17.9 Å². The summed E-state index contributed by atoms with van der Waals surface area (Å²) >= 11 is 0.558. The van der Waals surface area contributed by atoms with Crippen molar-refractivity contribution in [3.63, 3.8) is 0 Å². The average molecular weight is 254 g/mol. The lowest BCUT2D eigenvalue weighted by Crippen LogP contribution is -2.18. The molecule has 1 heterocycles. The van der Waals surface area contributed by atoms with Gasteiger partial charge < -0.3 is 10.5 Å².